The van der Waals surface area contributed by atoms with E-state index in [9.17, 15) is 5.11 Å². The zero-order chi connectivity index (χ0) is 18.7. The van der Waals surface area contributed by atoms with Gasteiger partial charge in [-0.3, -0.25) is 0 Å². The number of rotatable bonds is 13. The molecule has 0 aromatic carbocycles. The molecule has 1 aliphatic rings. The molecule has 0 radical (unpaired) electrons. The maximum absolute atomic E-state index is 9.27. The van der Waals surface area contributed by atoms with Crippen LogP contribution in [-0.2, 0) is 9.47 Å². The highest BCUT2D eigenvalue weighted by molar-refractivity contribution is 5.00. The molecule has 0 amide bonds. The van der Waals surface area contributed by atoms with Crippen molar-refractivity contribution in [3.63, 3.8) is 0 Å². The van der Waals surface area contributed by atoms with Crippen LogP contribution in [-0.4, -0.2) is 30.7 Å². The molecule has 1 heterocycles. The van der Waals surface area contributed by atoms with E-state index >= 15 is 0 Å². The lowest BCUT2D eigenvalue weighted by atomic mass is 10.2. The van der Waals surface area contributed by atoms with Gasteiger partial charge in [0.25, 0.3) is 0 Å². The van der Waals surface area contributed by atoms with Crippen LogP contribution in [0.1, 0.15) is 58.3 Å². The highest BCUT2D eigenvalue weighted by Crippen LogP contribution is 2.12. The Morgan fingerprint density at radius 2 is 1.19 bits per heavy atom. The van der Waals surface area contributed by atoms with Gasteiger partial charge in [-0.25, -0.2) is 0 Å². The van der Waals surface area contributed by atoms with E-state index in [2.05, 4.69) is 67.7 Å². The first-order valence-corrected chi connectivity index (χ1v) is 9.99. The van der Waals surface area contributed by atoms with Gasteiger partial charge in [-0.05, 0) is 51.4 Å². The van der Waals surface area contributed by atoms with Gasteiger partial charge >= 0.3 is 0 Å². The summed E-state index contributed by atoms with van der Waals surface area (Å²) in [6, 6.07) is 0. The van der Waals surface area contributed by atoms with E-state index in [4.69, 9.17) is 9.47 Å². The number of hydrogen-bond donors (Lipinski definition) is 1. The summed E-state index contributed by atoms with van der Waals surface area (Å²) in [7, 11) is 0. The third kappa shape index (κ3) is 13.8. The van der Waals surface area contributed by atoms with Crippen LogP contribution in [0.25, 0.3) is 0 Å². The van der Waals surface area contributed by atoms with Crippen LogP contribution in [0.3, 0.4) is 0 Å². The summed E-state index contributed by atoms with van der Waals surface area (Å²) in [6.07, 6.45) is 29.7. The minimum atomic E-state index is -0.461. The predicted octanol–water partition coefficient (Wildman–Crippen LogP) is 5.64. The molecule has 0 aliphatic carbocycles. The van der Waals surface area contributed by atoms with Gasteiger partial charge in [0.15, 0.2) is 6.29 Å². The Morgan fingerprint density at radius 3 is 1.69 bits per heavy atom. The van der Waals surface area contributed by atoms with Gasteiger partial charge in [0.1, 0.15) is 6.10 Å². The summed E-state index contributed by atoms with van der Waals surface area (Å²) in [5, 5.41) is 9.27. The van der Waals surface area contributed by atoms with Crippen molar-refractivity contribution in [2.75, 3.05) is 13.2 Å². The van der Waals surface area contributed by atoms with Crippen molar-refractivity contribution in [2.24, 2.45) is 0 Å². The molecule has 1 fully saturated rings. The SMILES string of the molecule is CC/C=C\C/C=C\C/C=C\C/C=C\C/C=C\CCCC1OCC(O)CO1. The van der Waals surface area contributed by atoms with Crippen LogP contribution < -0.4 is 0 Å². The summed E-state index contributed by atoms with van der Waals surface area (Å²) in [5.41, 5.74) is 0. The zero-order valence-corrected chi connectivity index (χ0v) is 16.3. The van der Waals surface area contributed by atoms with Gasteiger partial charge in [0.05, 0.1) is 13.2 Å². The molecule has 0 atom stereocenters. The van der Waals surface area contributed by atoms with Crippen molar-refractivity contribution in [3.05, 3.63) is 60.8 Å². The second kappa shape index (κ2) is 17.0. The van der Waals surface area contributed by atoms with Crippen molar-refractivity contribution < 1.29 is 14.6 Å². The van der Waals surface area contributed by atoms with Gasteiger partial charge < -0.3 is 14.6 Å². The standard InChI is InChI=1S/C23H36O3/c1-2-3-4-5-6-7-8-9-10-11-12-13-14-15-16-17-18-19-23-25-20-22(24)21-26-23/h3-4,6-7,9-10,12-13,15-16,22-24H,2,5,8,11,14,17-21H2,1H3/b4-3-,7-6-,10-9-,13-12-,16-15-. The Balaban J connectivity index is 1.91. The molecule has 0 bridgehead atoms. The predicted molar refractivity (Wildman–Crippen MR) is 110 cm³/mol. The number of ether oxygens (including phenoxy) is 2. The average Bonchev–Trinajstić information content (AvgIpc) is 2.66. The summed E-state index contributed by atoms with van der Waals surface area (Å²) >= 11 is 0. The molecule has 0 unspecified atom stereocenters. The molecule has 26 heavy (non-hydrogen) atoms. The molecular formula is C23H36O3. The Labute approximate surface area is 159 Å². The van der Waals surface area contributed by atoms with Gasteiger partial charge in [-0.2, -0.15) is 0 Å². The number of hydrogen-bond acceptors (Lipinski definition) is 3. The first-order valence-electron chi connectivity index (χ1n) is 9.99. The Morgan fingerprint density at radius 1 is 0.731 bits per heavy atom. The van der Waals surface area contributed by atoms with Crippen LogP contribution in [0.2, 0.25) is 0 Å². The summed E-state index contributed by atoms with van der Waals surface area (Å²) in [6.45, 7) is 2.95. The molecule has 0 saturated carbocycles. The van der Waals surface area contributed by atoms with Crippen molar-refractivity contribution >= 4 is 0 Å². The smallest absolute Gasteiger partial charge is 0.157 e. The molecular weight excluding hydrogens is 324 g/mol. The molecule has 3 nitrogen and oxygen atoms in total. The Kier molecular flexibility index (Phi) is 14.8. The monoisotopic (exact) mass is 360 g/mol. The highest BCUT2D eigenvalue weighted by atomic mass is 16.7. The fraction of sp³-hybridized carbons (Fsp3) is 0.565. The van der Waals surface area contributed by atoms with E-state index < -0.39 is 6.10 Å². The molecule has 0 aromatic heterocycles. The fourth-order valence-corrected chi connectivity index (χ4v) is 2.47. The summed E-state index contributed by atoms with van der Waals surface area (Å²) in [5.74, 6) is 0. The van der Waals surface area contributed by atoms with E-state index in [1.807, 2.05) is 0 Å². The van der Waals surface area contributed by atoms with Crippen molar-refractivity contribution in [1.82, 2.24) is 0 Å². The summed E-state index contributed by atoms with van der Waals surface area (Å²) in [4.78, 5) is 0. The van der Waals surface area contributed by atoms with Crippen molar-refractivity contribution in [2.45, 2.75) is 70.7 Å². The van der Waals surface area contributed by atoms with Gasteiger partial charge in [-0.15, -0.1) is 0 Å². The molecule has 1 aliphatic heterocycles. The normalized spacial score (nSPS) is 22.1. The molecule has 0 spiro atoms. The third-order valence-corrected chi connectivity index (χ3v) is 3.92. The quantitative estimate of drug-likeness (QED) is 0.341. The van der Waals surface area contributed by atoms with Crippen LogP contribution in [0.5, 0.6) is 0 Å². The van der Waals surface area contributed by atoms with Crippen LogP contribution in [0, 0.1) is 0 Å². The lowest BCUT2D eigenvalue weighted by Crippen LogP contribution is -2.35. The van der Waals surface area contributed by atoms with E-state index in [-0.39, 0.29) is 6.29 Å². The lowest BCUT2D eigenvalue weighted by Gasteiger charge is -2.26. The molecule has 1 N–H and O–H groups in total. The second-order valence-electron chi connectivity index (χ2n) is 6.39. The van der Waals surface area contributed by atoms with E-state index in [0.717, 1.165) is 51.4 Å². The number of aliphatic hydroxyl groups excluding tert-OH is 1. The van der Waals surface area contributed by atoms with Gasteiger partial charge in [0, 0.05) is 0 Å². The van der Waals surface area contributed by atoms with Crippen LogP contribution in [0.15, 0.2) is 60.8 Å². The van der Waals surface area contributed by atoms with Crippen molar-refractivity contribution in [3.8, 4) is 0 Å². The van der Waals surface area contributed by atoms with Crippen LogP contribution >= 0.6 is 0 Å². The number of allylic oxidation sites excluding steroid dienone is 10. The maximum Gasteiger partial charge on any atom is 0.157 e. The first kappa shape index (κ1) is 22.6. The largest absolute Gasteiger partial charge is 0.388 e. The van der Waals surface area contributed by atoms with Gasteiger partial charge in [0.2, 0.25) is 0 Å². The Hall–Kier alpha value is -1.42. The zero-order valence-electron chi connectivity index (χ0n) is 16.3. The minimum absolute atomic E-state index is 0.138. The van der Waals surface area contributed by atoms with E-state index in [1.54, 1.807) is 0 Å². The average molecular weight is 361 g/mol. The number of aliphatic hydroxyl groups is 1. The minimum Gasteiger partial charge on any atom is -0.388 e. The second-order valence-corrected chi connectivity index (χ2v) is 6.39. The first-order chi connectivity index (χ1) is 12.8. The molecule has 1 rings (SSSR count). The Bertz CT molecular complexity index is 452. The van der Waals surface area contributed by atoms with E-state index in [0.29, 0.717) is 13.2 Å². The molecule has 0 aromatic rings. The van der Waals surface area contributed by atoms with Crippen molar-refractivity contribution in [1.29, 1.82) is 0 Å². The third-order valence-electron chi connectivity index (χ3n) is 3.92. The molecule has 146 valence electrons. The molecule has 3 heteroatoms. The maximum atomic E-state index is 9.27. The van der Waals surface area contributed by atoms with Crippen LogP contribution in [0.4, 0.5) is 0 Å². The van der Waals surface area contributed by atoms with Gasteiger partial charge in [-0.1, -0.05) is 67.7 Å². The van der Waals surface area contributed by atoms with E-state index in [1.165, 1.54) is 0 Å². The summed E-state index contributed by atoms with van der Waals surface area (Å²) < 4.78 is 10.8. The lowest BCUT2D eigenvalue weighted by molar-refractivity contribution is -0.218. The highest BCUT2D eigenvalue weighted by Gasteiger charge is 2.19. The number of unbranched alkanes of at least 4 members (excludes halogenated alkanes) is 1. The fourth-order valence-electron chi connectivity index (χ4n) is 2.47. The molecule has 1 saturated heterocycles. The topological polar surface area (TPSA) is 38.7 Å².